The normalized spacial score (nSPS) is 22.9. The first-order chi connectivity index (χ1) is 18.0. The standard InChI is InChI=1S/C34H47F3/c1-2-3-4-5-6-8-11-26-18-21-34(22-19-26,30-12-9-7-10-13-30)23-20-27-14-16-28(17-15-27)29-24-31(35)33(37)32(36)25-29/h14-17,24-26,30H,2-13,18-23H2,1H3/t26-,34-. The average Bonchev–Trinajstić information content (AvgIpc) is 2.94. The molecule has 2 aliphatic rings. The summed E-state index contributed by atoms with van der Waals surface area (Å²) in [6.07, 6.45) is 24.7. The van der Waals surface area contributed by atoms with Crippen molar-refractivity contribution in [3.63, 3.8) is 0 Å². The van der Waals surface area contributed by atoms with Gasteiger partial charge in [-0.2, -0.15) is 0 Å². The molecule has 0 aliphatic heterocycles. The fourth-order valence-corrected chi connectivity index (χ4v) is 7.31. The maximum Gasteiger partial charge on any atom is 0.194 e. The summed E-state index contributed by atoms with van der Waals surface area (Å²) in [6.45, 7) is 2.29. The molecule has 0 aromatic heterocycles. The third-order valence-corrected chi connectivity index (χ3v) is 9.72. The fraction of sp³-hybridized carbons (Fsp3) is 0.647. The first-order valence-corrected chi connectivity index (χ1v) is 15.2. The van der Waals surface area contributed by atoms with Crippen LogP contribution in [0.5, 0.6) is 0 Å². The lowest BCUT2D eigenvalue weighted by Gasteiger charge is -2.48. The predicted molar refractivity (Wildman–Crippen MR) is 149 cm³/mol. The van der Waals surface area contributed by atoms with E-state index >= 15 is 0 Å². The van der Waals surface area contributed by atoms with Crippen molar-refractivity contribution in [1.82, 2.24) is 0 Å². The molecule has 0 spiro atoms. The Labute approximate surface area is 223 Å². The zero-order chi connectivity index (χ0) is 26.1. The molecule has 204 valence electrons. The highest BCUT2D eigenvalue weighted by molar-refractivity contribution is 5.63. The molecule has 0 unspecified atom stereocenters. The van der Waals surface area contributed by atoms with Gasteiger partial charge in [0.1, 0.15) is 0 Å². The summed E-state index contributed by atoms with van der Waals surface area (Å²) < 4.78 is 40.7. The van der Waals surface area contributed by atoms with Gasteiger partial charge < -0.3 is 0 Å². The topological polar surface area (TPSA) is 0 Å². The Kier molecular flexibility index (Phi) is 10.6. The van der Waals surface area contributed by atoms with E-state index in [4.69, 9.17) is 0 Å². The molecule has 0 amide bonds. The summed E-state index contributed by atoms with van der Waals surface area (Å²) in [6, 6.07) is 10.2. The van der Waals surface area contributed by atoms with Crippen LogP contribution >= 0.6 is 0 Å². The van der Waals surface area contributed by atoms with Crippen LogP contribution in [0.4, 0.5) is 13.2 Å². The maximum atomic E-state index is 13.7. The van der Waals surface area contributed by atoms with Crippen LogP contribution in [-0.4, -0.2) is 0 Å². The third kappa shape index (κ3) is 7.64. The molecule has 3 heteroatoms. The van der Waals surface area contributed by atoms with Gasteiger partial charge in [-0.3, -0.25) is 0 Å². The van der Waals surface area contributed by atoms with Gasteiger partial charge in [0, 0.05) is 0 Å². The van der Waals surface area contributed by atoms with Gasteiger partial charge >= 0.3 is 0 Å². The summed E-state index contributed by atoms with van der Waals surface area (Å²) in [5.41, 5.74) is 2.88. The first kappa shape index (κ1) is 28.2. The van der Waals surface area contributed by atoms with E-state index in [0.29, 0.717) is 11.0 Å². The summed E-state index contributed by atoms with van der Waals surface area (Å²) in [7, 11) is 0. The fourth-order valence-electron chi connectivity index (χ4n) is 7.31. The number of hydrogen-bond acceptors (Lipinski definition) is 0. The molecule has 0 nitrogen and oxygen atoms in total. The SMILES string of the molecule is CCCCCCCC[C@H]1CC[C@](CCc2ccc(-c3cc(F)c(F)c(F)c3)cc2)(C2CCCCC2)CC1. The lowest BCUT2D eigenvalue weighted by Crippen LogP contribution is -2.36. The van der Waals surface area contributed by atoms with Crippen LogP contribution in [0.15, 0.2) is 36.4 Å². The number of halogens is 3. The number of benzene rings is 2. The minimum atomic E-state index is -1.41. The highest BCUT2D eigenvalue weighted by Gasteiger charge is 2.41. The van der Waals surface area contributed by atoms with Gasteiger partial charge in [-0.1, -0.05) is 95.4 Å². The molecule has 2 aromatic rings. The van der Waals surface area contributed by atoms with Crippen molar-refractivity contribution in [2.75, 3.05) is 0 Å². The van der Waals surface area contributed by atoms with Gasteiger partial charge in [0.05, 0.1) is 0 Å². The average molecular weight is 513 g/mol. The number of rotatable bonds is 12. The quantitative estimate of drug-likeness (QED) is 0.196. The largest absolute Gasteiger partial charge is 0.204 e. The summed E-state index contributed by atoms with van der Waals surface area (Å²) in [5, 5.41) is 0. The third-order valence-electron chi connectivity index (χ3n) is 9.72. The van der Waals surface area contributed by atoms with Gasteiger partial charge in [0.2, 0.25) is 0 Å². The molecule has 4 rings (SSSR count). The number of unbranched alkanes of at least 4 members (excludes halogenated alkanes) is 5. The van der Waals surface area contributed by atoms with Crippen molar-refractivity contribution in [2.45, 2.75) is 122 Å². The van der Waals surface area contributed by atoms with E-state index in [9.17, 15) is 13.2 Å². The van der Waals surface area contributed by atoms with Crippen molar-refractivity contribution in [2.24, 2.45) is 17.3 Å². The number of hydrogen-bond donors (Lipinski definition) is 0. The van der Waals surface area contributed by atoms with Crippen LogP contribution in [0.3, 0.4) is 0 Å². The van der Waals surface area contributed by atoms with Crippen LogP contribution in [0.2, 0.25) is 0 Å². The first-order valence-electron chi connectivity index (χ1n) is 15.2. The van der Waals surface area contributed by atoms with E-state index in [0.717, 1.165) is 36.0 Å². The second-order valence-corrected chi connectivity index (χ2v) is 12.1. The molecule has 0 heterocycles. The van der Waals surface area contributed by atoms with Crippen molar-refractivity contribution in [1.29, 1.82) is 0 Å². The Hall–Kier alpha value is -1.77. The number of aryl methyl sites for hydroxylation is 1. The molecule has 37 heavy (non-hydrogen) atoms. The molecule has 0 atom stereocenters. The van der Waals surface area contributed by atoms with Gasteiger partial charge in [-0.05, 0) is 97.4 Å². The van der Waals surface area contributed by atoms with E-state index in [1.54, 1.807) is 0 Å². The van der Waals surface area contributed by atoms with E-state index in [-0.39, 0.29) is 0 Å². The van der Waals surface area contributed by atoms with Crippen molar-refractivity contribution in [3.8, 4) is 11.1 Å². The van der Waals surface area contributed by atoms with Gasteiger partial charge in [0.25, 0.3) is 0 Å². The van der Waals surface area contributed by atoms with Crippen molar-refractivity contribution in [3.05, 3.63) is 59.4 Å². The van der Waals surface area contributed by atoms with Gasteiger partial charge in [0.15, 0.2) is 17.5 Å². The minimum Gasteiger partial charge on any atom is -0.204 e. The van der Waals surface area contributed by atoms with Gasteiger partial charge in [-0.15, -0.1) is 0 Å². The Morgan fingerprint density at radius 1 is 0.730 bits per heavy atom. The Balaban J connectivity index is 1.34. The molecule has 0 bridgehead atoms. The lowest BCUT2D eigenvalue weighted by molar-refractivity contribution is 0.0379. The second-order valence-electron chi connectivity index (χ2n) is 12.1. The van der Waals surface area contributed by atoms with E-state index in [1.807, 2.05) is 12.1 Å². The van der Waals surface area contributed by atoms with E-state index in [2.05, 4.69) is 19.1 Å². The van der Waals surface area contributed by atoms with Crippen LogP contribution in [0.1, 0.15) is 122 Å². The van der Waals surface area contributed by atoms with Crippen LogP contribution in [0.25, 0.3) is 11.1 Å². The van der Waals surface area contributed by atoms with E-state index in [1.165, 1.54) is 115 Å². The molecule has 0 N–H and O–H groups in total. The zero-order valence-electron chi connectivity index (χ0n) is 23.0. The Morgan fingerprint density at radius 3 is 2.00 bits per heavy atom. The molecular formula is C34H47F3. The summed E-state index contributed by atoms with van der Waals surface area (Å²) in [4.78, 5) is 0. The molecule has 0 radical (unpaired) electrons. The predicted octanol–water partition coefficient (Wildman–Crippen LogP) is 11.2. The smallest absolute Gasteiger partial charge is 0.194 e. The summed E-state index contributed by atoms with van der Waals surface area (Å²) in [5.74, 6) is -1.88. The molecule has 2 saturated carbocycles. The van der Waals surface area contributed by atoms with Crippen LogP contribution in [0, 0.1) is 34.7 Å². The molecule has 2 fully saturated rings. The molecular weight excluding hydrogens is 465 g/mol. The molecule has 2 aliphatic carbocycles. The lowest BCUT2D eigenvalue weighted by atomic mass is 9.58. The Morgan fingerprint density at radius 2 is 1.35 bits per heavy atom. The van der Waals surface area contributed by atoms with Crippen molar-refractivity contribution >= 4 is 0 Å². The molecule has 0 saturated heterocycles. The highest BCUT2D eigenvalue weighted by Crippen LogP contribution is 2.52. The minimum absolute atomic E-state index is 0.380. The zero-order valence-corrected chi connectivity index (χ0v) is 23.0. The maximum absolute atomic E-state index is 13.7. The monoisotopic (exact) mass is 512 g/mol. The second kappa shape index (κ2) is 13.9. The highest BCUT2D eigenvalue weighted by atomic mass is 19.2. The van der Waals surface area contributed by atoms with Gasteiger partial charge in [-0.25, -0.2) is 13.2 Å². The van der Waals surface area contributed by atoms with Crippen LogP contribution in [-0.2, 0) is 6.42 Å². The van der Waals surface area contributed by atoms with Crippen LogP contribution < -0.4 is 0 Å². The van der Waals surface area contributed by atoms with E-state index < -0.39 is 17.5 Å². The molecule has 2 aromatic carbocycles. The van der Waals surface area contributed by atoms with Crippen molar-refractivity contribution < 1.29 is 13.2 Å². The summed E-state index contributed by atoms with van der Waals surface area (Å²) >= 11 is 0. The Bertz CT molecular complexity index is 927.